The zero-order chi connectivity index (χ0) is 21.1. The van der Waals surface area contributed by atoms with E-state index in [-0.39, 0.29) is 18.3 Å². The third-order valence-corrected chi connectivity index (χ3v) is 5.65. The van der Waals surface area contributed by atoms with Gasteiger partial charge in [0.15, 0.2) is 15.4 Å². The minimum absolute atomic E-state index is 0.0455. The molecule has 0 saturated heterocycles. The summed E-state index contributed by atoms with van der Waals surface area (Å²) in [6.07, 6.45) is 1.78. The van der Waals surface area contributed by atoms with Crippen molar-refractivity contribution in [3.8, 4) is 11.4 Å². The first-order valence-electron chi connectivity index (χ1n) is 9.18. The van der Waals surface area contributed by atoms with Crippen LogP contribution >= 0.6 is 23.6 Å². The predicted octanol–water partition coefficient (Wildman–Crippen LogP) is 4.09. The summed E-state index contributed by atoms with van der Waals surface area (Å²) < 4.78 is 17.7. The zero-order valence-corrected chi connectivity index (χ0v) is 17.7. The Morgan fingerprint density at radius 3 is 2.77 bits per heavy atom. The Hall–Kier alpha value is -3.17. The highest BCUT2D eigenvalue weighted by atomic mass is 32.1. The molecule has 9 heteroatoms. The highest BCUT2D eigenvalue weighted by Crippen LogP contribution is 2.18. The summed E-state index contributed by atoms with van der Waals surface area (Å²) >= 11 is 6.61. The average Bonchev–Trinajstić information content (AvgIpc) is 3.31. The second-order valence-electron chi connectivity index (χ2n) is 6.71. The van der Waals surface area contributed by atoms with Gasteiger partial charge in [-0.05, 0) is 25.2 Å². The number of amides is 1. The van der Waals surface area contributed by atoms with Crippen molar-refractivity contribution < 1.29 is 9.18 Å². The van der Waals surface area contributed by atoms with Crippen molar-refractivity contribution in [3.05, 3.63) is 86.6 Å². The standard InChI is InChI=1S/C21H18FN5OS2/c1-14-6-8-15(9-7-14)19-24-25-20(29)27(19)13-18(28)23-21-26(10-11-30-21)12-16-4-2-3-5-17(16)22/h2-11H,12-13H2,1H3,(H,25,29). The molecule has 6 nitrogen and oxygen atoms in total. The first-order valence-corrected chi connectivity index (χ1v) is 10.5. The van der Waals surface area contributed by atoms with E-state index >= 15 is 0 Å². The molecule has 0 aliphatic carbocycles. The lowest BCUT2D eigenvalue weighted by molar-refractivity contribution is -0.118. The van der Waals surface area contributed by atoms with Gasteiger partial charge >= 0.3 is 0 Å². The highest BCUT2D eigenvalue weighted by Gasteiger charge is 2.12. The molecule has 0 aliphatic rings. The fraction of sp³-hybridized carbons (Fsp3) is 0.143. The molecular formula is C21H18FN5OS2. The minimum atomic E-state index is -0.370. The fourth-order valence-corrected chi connectivity index (χ4v) is 3.92. The summed E-state index contributed by atoms with van der Waals surface area (Å²) in [6, 6.07) is 14.4. The van der Waals surface area contributed by atoms with Crippen LogP contribution in [0.15, 0.2) is 65.1 Å². The Labute approximate surface area is 181 Å². The average molecular weight is 440 g/mol. The van der Waals surface area contributed by atoms with Crippen LogP contribution < -0.4 is 4.80 Å². The van der Waals surface area contributed by atoms with Crippen LogP contribution in [0.4, 0.5) is 4.39 Å². The number of nitrogens with one attached hydrogen (secondary N) is 1. The Kier molecular flexibility index (Phi) is 5.82. The molecule has 2 aromatic carbocycles. The van der Waals surface area contributed by atoms with Crippen molar-refractivity contribution in [2.75, 3.05) is 0 Å². The van der Waals surface area contributed by atoms with Gasteiger partial charge in [0.25, 0.3) is 5.91 Å². The summed E-state index contributed by atoms with van der Waals surface area (Å²) in [4.78, 5) is 17.4. The number of aryl methyl sites for hydroxylation is 1. The lowest BCUT2D eigenvalue weighted by Crippen LogP contribution is -2.19. The van der Waals surface area contributed by atoms with E-state index in [9.17, 15) is 9.18 Å². The van der Waals surface area contributed by atoms with Crippen molar-refractivity contribution in [3.63, 3.8) is 0 Å². The van der Waals surface area contributed by atoms with Gasteiger partial charge in [0.1, 0.15) is 12.4 Å². The number of nitrogens with zero attached hydrogens (tertiary/aromatic N) is 4. The topological polar surface area (TPSA) is 68.0 Å². The first-order chi connectivity index (χ1) is 14.5. The number of thiazole rings is 1. The van der Waals surface area contributed by atoms with Crippen LogP contribution in [0.5, 0.6) is 0 Å². The van der Waals surface area contributed by atoms with Crippen LogP contribution in [-0.4, -0.2) is 25.2 Å². The number of hydrogen-bond acceptors (Lipinski definition) is 4. The van der Waals surface area contributed by atoms with Crippen molar-refractivity contribution >= 4 is 29.5 Å². The second-order valence-corrected chi connectivity index (χ2v) is 7.97. The molecule has 0 bridgehead atoms. The summed E-state index contributed by atoms with van der Waals surface area (Å²) in [6.45, 7) is 2.25. The number of carbonyl (C=O) groups is 1. The van der Waals surface area contributed by atoms with Crippen LogP contribution in [0.2, 0.25) is 0 Å². The maximum Gasteiger partial charge on any atom is 0.268 e. The van der Waals surface area contributed by atoms with E-state index in [1.807, 2.05) is 36.6 Å². The van der Waals surface area contributed by atoms with E-state index in [4.69, 9.17) is 12.2 Å². The Bertz CT molecular complexity index is 1310. The molecule has 1 N–H and O–H groups in total. The fourth-order valence-electron chi connectivity index (χ4n) is 2.98. The number of hydrogen-bond donors (Lipinski definition) is 1. The van der Waals surface area contributed by atoms with Crippen molar-refractivity contribution in [1.82, 2.24) is 19.3 Å². The first kappa shape index (κ1) is 20.1. The lowest BCUT2D eigenvalue weighted by atomic mass is 10.1. The van der Waals surface area contributed by atoms with Crippen LogP contribution in [0.3, 0.4) is 0 Å². The molecule has 2 heterocycles. The number of H-pyrrole nitrogens is 1. The highest BCUT2D eigenvalue weighted by molar-refractivity contribution is 7.71. The van der Waals surface area contributed by atoms with Gasteiger partial charge in [0, 0.05) is 22.7 Å². The third-order valence-electron chi connectivity index (χ3n) is 4.54. The van der Waals surface area contributed by atoms with Crippen LogP contribution in [0.1, 0.15) is 11.1 Å². The Balaban J connectivity index is 1.60. The molecule has 30 heavy (non-hydrogen) atoms. The molecule has 4 rings (SSSR count). The van der Waals surface area contributed by atoms with E-state index < -0.39 is 0 Å². The van der Waals surface area contributed by atoms with E-state index in [1.54, 1.807) is 33.5 Å². The SMILES string of the molecule is Cc1ccc(-c2n[nH]c(=S)n2CC(=O)N=c2sccn2Cc2ccccc2F)cc1. The van der Waals surface area contributed by atoms with Gasteiger partial charge in [0.2, 0.25) is 0 Å². The van der Waals surface area contributed by atoms with Gasteiger partial charge < -0.3 is 4.57 Å². The van der Waals surface area contributed by atoms with Gasteiger partial charge in [-0.3, -0.25) is 14.5 Å². The third kappa shape index (κ3) is 4.37. The van der Waals surface area contributed by atoms with E-state index in [2.05, 4.69) is 15.2 Å². The van der Waals surface area contributed by atoms with E-state index in [1.165, 1.54) is 17.4 Å². The van der Waals surface area contributed by atoms with E-state index in [0.717, 1.165) is 11.1 Å². The van der Waals surface area contributed by atoms with Gasteiger partial charge in [-0.2, -0.15) is 10.1 Å². The van der Waals surface area contributed by atoms with E-state index in [0.29, 0.717) is 27.5 Å². The zero-order valence-electron chi connectivity index (χ0n) is 16.1. The molecule has 0 atom stereocenters. The number of carbonyl (C=O) groups excluding carboxylic acids is 1. The number of aromatic amines is 1. The number of benzene rings is 2. The van der Waals surface area contributed by atoms with Crippen molar-refractivity contribution in [1.29, 1.82) is 0 Å². The predicted molar refractivity (Wildman–Crippen MR) is 116 cm³/mol. The number of halogens is 1. The molecule has 2 aromatic heterocycles. The Morgan fingerprint density at radius 1 is 1.23 bits per heavy atom. The Morgan fingerprint density at radius 2 is 2.00 bits per heavy atom. The summed E-state index contributed by atoms with van der Waals surface area (Å²) in [5.41, 5.74) is 2.51. The molecule has 0 fully saturated rings. The number of aromatic nitrogens is 4. The van der Waals surface area contributed by atoms with Crippen molar-refractivity contribution in [2.45, 2.75) is 20.0 Å². The monoisotopic (exact) mass is 439 g/mol. The molecule has 1 amide bonds. The molecule has 0 radical (unpaired) electrons. The summed E-state index contributed by atoms with van der Waals surface area (Å²) in [7, 11) is 0. The maximum atomic E-state index is 14.0. The largest absolute Gasteiger partial charge is 0.319 e. The molecule has 0 spiro atoms. The van der Waals surface area contributed by atoms with Gasteiger partial charge in [-0.15, -0.1) is 11.3 Å². The quantitative estimate of drug-likeness (QED) is 0.476. The minimum Gasteiger partial charge on any atom is -0.319 e. The molecule has 4 aromatic rings. The van der Waals surface area contributed by atoms with Gasteiger partial charge in [0.05, 0.1) is 6.54 Å². The van der Waals surface area contributed by atoms with Crippen LogP contribution in [0, 0.1) is 17.5 Å². The summed E-state index contributed by atoms with van der Waals surface area (Å²) in [5, 5.41) is 8.81. The van der Waals surface area contributed by atoms with Crippen molar-refractivity contribution in [2.24, 2.45) is 4.99 Å². The molecule has 0 aliphatic heterocycles. The maximum absolute atomic E-state index is 14.0. The van der Waals surface area contributed by atoms with Crippen LogP contribution in [-0.2, 0) is 17.9 Å². The molecule has 0 unspecified atom stereocenters. The molecule has 0 saturated carbocycles. The van der Waals surface area contributed by atoms with Gasteiger partial charge in [-0.25, -0.2) is 4.39 Å². The molecule has 152 valence electrons. The second kappa shape index (κ2) is 8.68. The van der Waals surface area contributed by atoms with Crippen LogP contribution in [0.25, 0.3) is 11.4 Å². The lowest BCUT2D eigenvalue weighted by Gasteiger charge is -2.06. The normalized spacial score (nSPS) is 11.7. The van der Waals surface area contributed by atoms with Gasteiger partial charge in [-0.1, -0.05) is 48.0 Å². The summed E-state index contributed by atoms with van der Waals surface area (Å²) in [5.74, 6) is -0.0829. The number of rotatable bonds is 5. The molecular weight excluding hydrogens is 421 g/mol. The smallest absolute Gasteiger partial charge is 0.268 e.